The number of aromatic nitrogens is 2. The fourth-order valence-corrected chi connectivity index (χ4v) is 2.69. The molecule has 1 fully saturated rings. The molecule has 1 amide bonds. The summed E-state index contributed by atoms with van der Waals surface area (Å²) in [6.07, 6.45) is 0.428. The van der Waals surface area contributed by atoms with Gasteiger partial charge in [-0.3, -0.25) is 4.79 Å². The van der Waals surface area contributed by atoms with E-state index in [-0.39, 0.29) is 36.8 Å². The van der Waals surface area contributed by atoms with Crippen molar-refractivity contribution in [2.75, 3.05) is 31.1 Å². The number of hydrogen-bond donors (Lipinski definition) is 1. The van der Waals surface area contributed by atoms with E-state index in [2.05, 4.69) is 14.3 Å². The van der Waals surface area contributed by atoms with Crippen molar-refractivity contribution in [3.63, 3.8) is 0 Å². The molecule has 1 atom stereocenters. The zero-order valence-electron chi connectivity index (χ0n) is 11.6. The quantitative estimate of drug-likeness (QED) is 0.890. The molecule has 2 N–H and O–H groups in total. The van der Waals surface area contributed by atoms with Gasteiger partial charge in [-0.15, -0.1) is 24.8 Å². The van der Waals surface area contributed by atoms with E-state index in [4.69, 9.17) is 5.73 Å². The van der Waals surface area contributed by atoms with E-state index in [1.54, 1.807) is 0 Å². The van der Waals surface area contributed by atoms with Crippen molar-refractivity contribution in [3.05, 3.63) is 5.82 Å². The Morgan fingerprint density at radius 3 is 2.40 bits per heavy atom. The summed E-state index contributed by atoms with van der Waals surface area (Å²) >= 11 is 1.42. The molecule has 2 heterocycles. The van der Waals surface area contributed by atoms with Crippen LogP contribution in [0.5, 0.6) is 0 Å². The number of halogens is 2. The van der Waals surface area contributed by atoms with E-state index in [1.165, 1.54) is 11.5 Å². The lowest BCUT2D eigenvalue weighted by Crippen LogP contribution is -2.49. The van der Waals surface area contributed by atoms with E-state index in [1.807, 2.05) is 18.7 Å². The zero-order valence-corrected chi connectivity index (χ0v) is 14.1. The number of nitrogens with two attached hydrogens (primary N) is 1. The summed E-state index contributed by atoms with van der Waals surface area (Å²) in [5.74, 6) is 0.962. The molecule has 20 heavy (non-hydrogen) atoms. The molecule has 6 nitrogen and oxygen atoms in total. The molecule has 1 aromatic rings. The first-order valence-corrected chi connectivity index (χ1v) is 6.92. The fraction of sp³-hybridized carbons (Fsp3) is 0.727. The van der Waals surface area contributed by atoms with Crippen LogP contribution in [-0.4, -0.2) is 52.4 Å². The molecule has 0 aliphatic carbocycles. The standard InChI is InChI=1S/C11H19N5OS.2ClH/c1-8(12)7-10(17)15-3-5-16(6-4-15)11-13-9(2)14-18-11;;/h8H,3-7,12H2,1-2H3;2*1H. The summed E-state index contributed by atoms with van der Waals surface area (Å²) in [6, 6.07) is -0.0682. The maximum absolute atomic E-state index is 11.9. The molecule has 1 aliphatic heterocycles. The van der Waals surface area contributed by atoms with Gasteiger partial charge in [0, 0.05) is 50.2 Å². The van der Waals surface area contributed by atoms with Crippen molar-refractivity contribution in [2.24, 2.45) is 5.73 Å². The highest BCUT2D eigenvalue weighted by Crippen LogP contribution is 2.18. The Morgan fingerprint density at radius 2 is 1.95 bits per heavy atom. The highest BCUT2D eigenvalue weighted by Gasteiger charge is 2.23. The smallest absolute Gasteiger partial charge is 0.224 e. The molecule has 0 bridgehead atoms. The molecule has 9 heteroatoms. The first kappa shape index (κ1) is 19.4. The van der Waals surface area contributed by atoms with Crippen molar-refractivity contribution >= 4 is 47.4 Å². The largest absolute Gasteiger partial charge is 0.343 e. The number of amides is 1. The Morgan fingerprint density at radius 1 is 1.35 bits per heavy atom. The molecule has 1 aliphatic rings. The van der Waals surface area contributed by atoms with E-state index in [0.717, 1.165) is 37.1 Å². The lowest BCUT2D eigenvalue weighted by Gasteiger charge is -2.34. The first-order chi connectivity index (χ1) is 8.56. The van der Waals surface area contributed by atoms with Crippen LogP contribution in [-0.2, 0) is 4.79 Å². The van der Waals surface area contributed by atoms with Crippen LogP contribution in [0.4, 0.5) is 5.13 Å². The monoisotopic (exact) mass is 341 g/mol. The average molecular weight is 342 g/mol. The van der Waals surface area contributed by atoms with E-state index in [0.29, 0.717) is 6.42 Å². The van der Waals surface area contributed by atoms with Crippen LogP contribution in [0.25, 0.3) is 0 Å². The van der Waals surface area contributed by atoms with Crippen molar-refractivity contribution < 1.29 is 4.79 Å². The summed E-state index contributed by atoms with van der Waals surface area (Å²) in [7, 11) is 0. The van der Waals surface area contributed by atoms with E-state index in [9.17, 15) is 4.79 Å². The summed E-state index contributed by atoms with van der Waals surface area (Å²) in [4.78, 5) is 20.3. The van der Waals surface area contributed by atoms with Crippen LogP contribution < -0.4 is 10.6 Å². The van der Waals surface area contributed by atoms with Crippen LogP contribution in [0.2, 0.25) is 0 Å². The van der Waals surface area contributed by atoms with Gasteiger partial charge in [0.15, 0.2) is 0 Å². The zero-order chi connectivity index (χ0) is 13.1. The molecule has 1 unspecified atom stereocenters. The maximum atomic E-state index is 11.9. The number of carbonyl (C=O) groups excluding carboxylic acids is 1. The molecule has 0 spiro atoms. The first-order valence-electron chi connectivity index (χ1n) is 6.15. The normalized spacial score (nSPS) is 16.1. The number of hydrogen-bond acceptors (Lipinski definition) is 6. The third-order valence-electron chi connectivity index (χ3n) is 2.92. The second-order valence-corrected chi connectivity index (χ2v) is 5.40. The van der Waals surface area contributed by atoms with Crippen LogP contribution in [0.1, 0.15) is 19.2 Å². The van der Waals surface area contributed by atoms with Crippen molar-refractivity contribution in [2.45, 2.75) is 26.3 Å². The summed E-state index contributed by atoms with van der Waals surface area (Å²) in [6.45, 7) is 6.87. The van der Waals surface area contributed by atoms with Gasteiger partial charge in [0.25, 0.3) is 0 Å². The Hall–Kier alpha value is -0.630. The topological polar surface area (TPSA) is 75.4 Å². The van der Waals surface area contributed by atoms with Crippen molar-refractivity contribution in [1.29, 1.82) is 0 Å². The number of nitrogens with zero attached hydrogens (tertiary/aromatic N) is 4. The third kappa shape index (κ3) is 5.05. The van der Waals surface area contributed by atoms with Crippen molar-refractivity contribution in [1.82, 2.24) is 14.3 Å². The Labute approximate surface area is 135 Å². The third-order valence-corrected chi connectivity index (χ3v) is 3.78. The molecule has 116 valence electrons. The van der Waals surface area contributed by atoms with Crippen molar-refractivity contribution in [3.8, 4) is 0 Å². The van der Waals surface area contributed by atoms with Gasteiger partial charge in [-0.25, -0.2) is 4.98 Å². The molecule has 2 rings (SSSR count). The molecular formula is C11H21Cl2N5OS. The second kappa shape index (κ2) is 8.61. The number of anilines is 1. The highest BCUT2D eigenvalue weighted by molar-refractivity contribution is 7.09. The van der Waals surface area contributed by atoms with E-state index >= 15 is 0 Å². The summed E-state index contributed by atoms with van der Waals surface area (Å²) < 4.78 is 4.18. The Kier molecular flexibility index (Phi) is 8.34. The van der Waals surface area contributed by atoms with Gasteiger partial charge in [0.2, 0.25) is 11.0 Å². The lowest BCUT2D eigenvalue weighted by molar-refractivity contribution is -0.131. The Bertz CT molecular complexity index is 421. The minimum Gasteiger partial charge on any atom is -0.343 e. The lowest BCUT2D eigenvalue weighted by atomic mass is 10.2. The number of piperazine rings is 1. The van der Waals surface area contributed by atoms with Gasteiger partial charge < -0.3 is 15.5 Å². The van der Waals surface area contributed by atoms with Gasteiger partial charge in [0.1, 0.15) is 5.82 Å². The molecular weight excluding hydrogens is 321 g/mol. The number of rotatable bonds is 3. The van der Waals surface area contributed by atoms with Gasteiger partial charge in [-0.2, -0.15) is 4.37 Å². The minimum absolute atomic E-state index is 0. The van der Waals surface area contributed by atoms with Gasteiger partial charge >= 0.3 is 0 Å². The Balaban J connectivity index is 0.00000180. The minimum atomic E-state index is -0.0682. The van der Waals surface area contributed by atoms with Crippen LogP contribution >= 0.6 is 36.3 Å². The number of carbonyl (C=O) groups is 1. The molecule has 0 aromatic carbocycles. The SMILES string of the molecule is Cc1nsc(N2CCN(C(=O)CC(C)N)CC2)n1.Cl.Cl. The van der Waals surface area contributed by atoms with Gasteiger partial charge in [-0.1, -0.05) is 0 Å². The average Bonchev–Trinajstić information content (AvgIpc) is 2.75. The molecule has 0 radical (unpaired) electrons. The number of aryl methyl sites for hydroxylation is 1. The van der Waals surface area contributed by atoms with Crippen LogP contribution in [0, 0.1) is 6.92 Å². The van der Waals surface area contributed by atoms with E-state index < -0.39 is 0 Å². The van der Waals surface area contributed by atoms with Crippen LogP contribution in [0.3, 0.4) is 0 Å². The van der Waals surface area contributed by atoms with Gasteiger partial charge in [0.05, 0.1) is 0 Å². The predicted octanol–water partition coefficient (Wildman–Crippen LogP) is 1.08. The molecule has 1 aromatic heterocycles. The molecule has 1 saturated heterocycles. The summed E-state index contributed by atoms with van der Waals surface area (Å²) in [5.41, 5.74) is 5.65. The van der Waals surface area contributed by atoms with Gasteiger partial charge in [-0.05, 0) is 13.8 Å². The summed E-state index contributed by atoms with van der Waals surface area (Å²) in [5, 5.41) is 0.951. The molecule has 0 saturated carbocycles. The second-order valence-electron chi connectivity index (χ2n) is 4.67. The van der Waals surface area contributed by atoms with Crippen LogP contribution in [0.15, 0.2) is 0 Å². The fourth-order valence-electron chi connectivity index (χ4n) is 1.97. The maximum Gasteiger partial charge on any atom is 0.224 e. The highest BCUT2D eigenvalue weighted by atomic mass is 35.5. The predicted molar refractivity (Wildman–Crippen MR) is 86.2 cm³/mol.